The van der Waals surface area contributed by atoms with Gasteiger partial charge in [0.05, 0.1) is 6.61 Å². The van der Waals surface area contributed by atoms with Crippen molar-refractivity contribution in [3.05, 3.63) is 12.7 Å². The van der Waals surface area contributed by atoms with Crippen LogP contribution in [0.3, 0.4) is 0 Å². The van der Waals surface area contributed by atoms with Gasteiger partial charge in [-0.3, -0.25) is 0 Å². The number of carbonyl (C=O) groups is 2. The van der Waals surface area contributed by atoms with Gasteiger partial charge in [0.15, 0.2) is 0 Å². The highest BCUT2D eigenvalue weighted by Crippen LogP contribution is 1.79. The van der Waals surface area contributed by atoms with Crippen molar-refractivity contribution >= 4 is 12.3 Å². The fourth-order valence-electron chi connectivity index (χ4n) is 0.392. The Bertz CT molecular complexity index is 141. The molecule has 0 aromatic heterocycles. The lowest BCUT2D eigenvalue weighted by Gasteiger charge is -2.00. The molecule has 4 nitrogen and oxygen atoms in total. The molecule has 0 radical (unpaired) electrons. The summed E-state index contributed by atoms with van der Waals surface area (Å²) in [6.07, 6.45) is 1.70. The zero-order chi connectivity index (χ0) is 8.53. The van der Waals surface area contributed by atoms with Crippen LogP contribution in [-0.2, 0) is 19.1 Å². The van der Waals surface area contributed by atoms with Crippen LogP contribution in [0.2, 0.25) is 0 Å². The van der Waals surface area contributed by atoms with Gasteiger partial charge in [0, 0.05) is 6.08 Å². The van der Waals surface area contributed by atoms with E-state index in [4.69, 9.17) is 4.74 Å². The van der Waals surface area contributed by atoms with E-state index >= 15 is 0 Å². The molecule has 0 unspecified atom stereocenters. The Labute approximate surface area is 64.8 Å². The van der Waals surface area contributed by atoms with Crippen LogP contribution < -0.4 is 0 Å². The fourth-order valence-corrected chi connectivity index (χ4v) is 0.392. The Morgan fingerprint density at radius 2 is 2.18 bits per heavy atom. The summed E-state index contributed by atoms with van der Waals surface area (Å²) in [5, 5.41) is 0. The van der Waals surface area contributed by atoms with Gasteiger partial charge in [-0.15, -0.1) is 0 Å². The summed E-state index contributed by atoms with van der Waals surface area (Å²) in [6.45, 7) is 3.62. The molecule has 0 fully saturated rings. The predicted molar refractivity (Wildman–Crippen MR) is 38.0 cm³/mol. The van der Waals surface area contributed by atoms with Gasteiger partial charge in [-0.05, 0) is 0 Å². The summed E-state index contributed by atoms with van der Waals surface area (Å²) in [7, 11) is 0. The number of hydrogen-bond acceptors (Lipinski definition) is 4. The van der Waals surface area contributed by atoms with Gasteiger partial charge in [0.2, 0.25) is 0 Å². The highest BCUT2D eigenvalue weighted by Gasteiger charge is 1.93. The van der Waals surface area contributed by atoms with Crippen LogP contribution in [0, 0.1) is 0 Å². The topological polar surface area (TPSA) is 52.6 Å². The molecule has 62 valence electrons. The van der Waals surface area contributed by atoms with Crippen LogP contribution in [0.5, 0.6) is 0 Å². The molecule has 0 aliphatic rings. The molecule has 0 aromatic carbocycles. The van der Waals surface area contributed by atoms with Crippen molar-refractivity contribution in [3.63, 3.8) is 0 Å². The van der Waals surface area contributed by atoms with Crippen LogP contribution in [0.15, 0.2) is 12.7 Å². The smallest absolute Gasteiger partial charge is 0.330 e. The molecule has 0 aromatic rings. The second kappa shape index (κ2) is 6.95. The molecule has 0 spiro atoms. The Balaban J connectivity index is 3.07. The second-order valence-corrected chi connectivity index (χ2v) is 1.61. The molecule has 0 N–H and O–H groups in total. The summed E-state index contributed by atoms with van der Waals surface area (Å²) in [5.74, 6) is -0.486. The summed E-state index contributed by atoms with van der Waals surface area (Å²) in [5.41, 5.74) is 0. The summed E-state index contributed by atoms with van der Waals surface area (Å²) in [6, 6.07) is 0. The first-order valence-corrected chi connectivity index (χ1v) is 3.12. The van der Waals surface area contributed by atoms with Crippen molar-refractivity contribution in [3.8, 4) is 0 Å². The van der Waals surface area contributed by atoms with Gasteiger partial charge in [-0.2, -0.15) is 0 Å². The van der Waals surface area contributed by atoms with Crippen molar-refractivity contribution in [1.82, 2.24) is 0 Å². The molecule has 0 heterocycles. The Kier molecular flexibility index (Phi) is 6.22. The Hall–Kier alpha value is -1.16. The first-order chi connectivity index (χ1) is 5.31. The van der Waals surface area contributed by atoms with E-state index in [-0.39, 0.29) is 19.8 Å². The van der Waals surface area contributed by atoms with Gasteiger partial charge < -0.3 is 14.3 Å². The lowest BCUT2D eigenvalue weighted by molar-refractivity contribution is -0.139. The number of ether oxygens (including phenoxy) is 2. The molecule has 0 saturated carbocycles. The lowest BCUT2D eigenvalue weighted by Crippen LogP contribution is -2.09. The standard InChI is InChI=1S/C7H10O4/c1-2-7(9)11-6-5-10-4-3-8/h2-3H,1,4-6H2. The SMILES string of the molecule is C=CC(=O)OCCOCC=O. The van der Waals surface area contributed by atoms with Gasteiger partial charge in [-0.25, -0.2) is 4.79 Å². The molecule has 0 rings (SSSR count). The van der Waals surface area contributed by atoms with Gasteiger partial charge in [0.25, 0.3) is 0 Å². The first-order valence-electron chi connectivity index (χ1n) is 3.12. The van der Waals surface area contributed by atoms with Crippen LogP contribution in [-0.4, -0.2) is 32.1 Å². The van der Waals surface area contributed by atoms with Crippen LogP contribution in [0.1, 0.15) is 0 Å². The molecular formula is C7H10O4. The molecule has 11 heavy (non-hydrogen) atoms. The normalized spacial score (nSPS) is 8.73. The van der Waals surface area contributed by atoms with E-state index in [0.717, 1.165) is 6.08 Å². The van der Waals surface area contributed by atoms with Gasteiger partial charge >= 0.3 is 5.97 Å². The number of esters is 1. The van der Waals surface area contributed by atoms with Crippen LogP contribution in [0.25, 0.3) is 0 Å². The maximum absolute atomic E-state index is 10.4. The lowest BCUT2D eigenvalue weighted by atomic mass is 10.6. The van der Waals surface area contributed by atoms with Crippen LogP contribution >= 0.6 is 0 Å². The molecule has 0 aliphatic carbocycles. The third kappa shape index (κ3) is 6.73. The number of hydrogen-bond donors (Lipinski definition) is 0. The maximum Gasteiger partial charge on any atom is 0.330 e. The van der Waals surface area contributed by atoms with E-state index in [9.17, 15) is 9.59 Å². The van der Waals surface area contributed by atoms with E-state index in [1.807, 2.05) is 0 Å². The monoisotopic (exact) mass is 158 g/mol. The Morgan fingerprint density at radius 3 is 2.73 bits per heavy atom. The minimum atomic E-state index is -0.486. The molecule has 0 bridgehead atoms. The predicted octanol–water partition coefficient (Wildman–Crippen LogP) is -0.0689. The van der Waals surface area contributed by atoms with Crippen molar-refractivity contribution in [1.29, 1.82) is 0 Å². The largest absolute Gasteiger partial charge is 0.460 e. The van der Waals surface area contributed by atoms with Crippen molar-refractivity contribution in [2.24, 2.45) is 0 Å². The maximum atomic E-state index is 10.4. The zero-order valence-corrected chi connectivity index (χ0v) is 6.12. The number of aldehydes is 1. The van der Waals surface area contributed by atoms with Gasteiger partial charge in [-0.1, -0.05) is 6.58 Å². The minimum Gasteiger partial charge on any atom is -0.460 e. The highest BCUT2D eigenvalue weighted by atomic mass is 16.6. The first kappa shape index (κ1) is 9.84. The van der Waals surface area contributed by atoms with Gasteiger partial charge in [0.1, 0.15) is 19.5 Å². The Morgan fingerprint density at radius 1 is 1.45 bits per heavy atom. The van der Waals surface area contributed by atoms with E-state index in [1.54, 1.807) is 0 Å². The zero-order valence-electron chi connectivity index (χ0n) is 6.12. The third-order valence-corrected chi connectivity index (χ3v) is 0.825. The quantitative estimate of drug-likeness (QED) is 0.235. The molecule has 0 saturated heterocycles. The van der Waals surface area contributed by atoms with Crippen molar-refractivity contribution in [2.75, 3.05) is 19.8 Å². The molecule has 0 aliphatic heterocycles. The van der Waals surface area contributed by atoms with E-state index < -0.39 is 5.97 Å². The molecular weight excluding hydrogens is 148 g/mol. The summed E-state index contributed by atoms with van der Waals surface area (Å²) < 4.78 is 9.24. The minimum absolute atomic E-state index is 0.0334. The van der Waals surface area contributed by atoms with Crippen molar-refractivity contribution in [2.45, 2.75) is 0 Å². The highest BCUT2D eigenvalue weighted by molar-refractivity contribution is 5.81. The third-order valence-electron chi connectivity index (χ3n) is 0.825. The molecule has 0 atom stereocenters. The van der Waals surface area contributed by atoms with E-state index in [1.165, 1.54) is 0 Å². The fraction of sp³-hybridized carbons (Fsp3) is 0.429. The van der Waals surface area contributed by atoms with Crippen molar-refractivity contribution < 1.29 is 19.1 Å². The number of carbonyl (C=O) groups excluding carboxylic acids is 2. The summed E-state index contributed by atoms with van der Waals surface area (Å²) >= 11 is 0. The van der Waals surface area contributed by atoms with E-state index in [2.05, 4.69) is 11.3 Å². The average molecular weight is 158 g/mol. The molecule has 0 amide bonds. The summed E-state index contributed by atoms with van der Waals surface area (Å²) in [4.78, 5) is 20.1. The van der Waals surface area contributed by atoms with Crippen LogP contribution in [0.4, 0.5) is 0 Å². The average Bonchev–Trinajstić information content (AvgIpc) is 2.04. The number of rotatable bonds is 6. The van der Waals surface area contributed by atoms with E-state index in [0.29, 0.717) is 6.29 Å². The second-order valence-electron chi connectivity index (χ2n) is 1.61. The molecule has 4 heteroatoms.